The van der Waals surface area contributed by atoms with Crippen LogP contribution in [0.25, 0.3) is 11.0 Å². The molecule has 0 N–H and O–H groups in total. The monoisotopic (exact) mass is 245 g/mol. The normalized spacial score (nSPS) is 10.3. The standard InChI is InChI=1S/C13H15N3O2/c1-9-15-10-7-12(17-2)13(18-3)8-11(10)16(9)6-4-5-14/h7-8H,4,6H2,1-3H3. The fraction of sp³-hybridized carbons (Fsp3) is 0.385. The van der Waals surface area contributed by atoms with E-state index in [4.69, 9.17) is 14.7 Å². The molecule has 1 heterocycles. The highest BCUT2D eigenvalue weighted by Crippen LogP contribution is 2.32. The van der Waals surface area contributed by atoms with Gasteiger partial charge in [0.25, 0.3) is 0 Å². The van der Waals surface area contributed by atoms with Crippen LogP contribution in [0.15, 0.2) is 12.1 Å². The molecule has 5 nitrogen and oxygen atoms in total. The van der Waals surface area contributed by atoms with E-state index >= 15 is 0 Å². The van der Waals surface area contributed by atoms with Crippen molar-refractivity contribution >= 4 is 11.0 Å². The number of nitrogens with zero attached hydrogens (tertiary/aromatic N) is 3. The summed E-state index contributed by atoms with van der Waals surface area (Å²) in [5.41, 5.74) is 1.81. The molecule has 0 aliphatic heterocycles. The van der Waals surface area contributed by atoms with Gasteiger partial charge in [-0.2, -0.15) is 5.26 Å². The molecule has 0 fully saturated rings. The number of rotatable bonds is 4. The van der Waals surface area contributed by atoms with Gasteiger partial charge in [0.15, 0.2) is 11.5 Å². The van der Waals surface area contributed by atoms with Crippen molar-refractivity contribution in [2.24, 2.45) is 0 Å². The molecular weight excluding hydrogens is 230 g/mol. The van der Waals surface area contributed by atoms with Crippen LogP contribution in [0.3, 0.4) is 0 Å². The van der Waals surface area contributed by atoms with E-state index in [2.05, 4.69) is 11.1 Å². The first-order valence-corrected chi connectivity index (χ1v) is 5.67. The van der Waals surface area contributed by atoms with E-state index in [0.717, 1.165) is 16.9 Å². The topological polar surface area (TPSA) is 60.1 Å². The number of fused-ring (bicyclic) bond motifs is 1. The number of aromatic nitrogens is 2. The second-order valence-corrected chi connectivity index (χ2v) is 3.91. The minimum absolute atomic E-state index is 0.459. The van der Waals surface area contributed by atoms with Gasteiger partial charge in [0.05, 0.1) is 37.7 Å². The summed E-state index contributed by atoms with van der Waals surface area (Å²) in [6.45, 7) is 2.56. The SMILES string of the molecule is COc1cc2nc(C)n(CCC#N)c2cc1OC. The summed E-state index contributed by atoms with van der Waals surface area (Å²) < 4.78 is 12.5. The van der Waals surface area contributed by atoms with Gasteiger partial charge in [-0.3, -0.25) is 0 Å². The predicted molar refractivity (Wildman–Crippen MR) is 67.8 cm³/mol. The molecule has 18 heavy (non-hydrogen) atoms. The maximum atomic E-state index is 8.68. The van der Waals surface area contributed by atoms with E-state index in [1.165, 1.54) is 0 Å². The lowest BCUT2D eigenvalue weighted by atomic mass is 10.2. The fourth-order valence-electron chi connectivity index (χ4n) is 2.02. The first-order chi connectivity index (χ1) is 8.71. The van der Waals surface area contributed by atoms with Gasteiger partial charge in [-0.1, -0.05) is 0 Å². The summed E-state index contributed by atoms with van der Waals surface area (Å²) >= 11 is 0. The summed E-state index contributed by atoms with van der Waals surface area (Å²) in [5, 5.41) is 8.68. The molecule has 94 valence electrons. The Morgan fingerprint density at radius 3 is 2.56 bits per heavy atom. The Bertz CT molecular complexity index is 611. The van der Waals surface area contributed by atoms with Crippen LogP contribution < -0.4 is 9.47 Å². The molecule has 0 unspecified atom stereocenters. The molecule has 0 saturated heterocycles. The van der Waals surface area contributed by atoms with E-state index in [1.807, 2.05) is 23.6 Å². The quantitative estimate of drug-likeness (QED) is 0.829. The van der Waals surface area contributed by atoms with Gasteiger partial charge in [0, 0.05) is 18.7 Å². The molecular formula is C13H15N3O2. The lowest BCUT2D eigenvalue weighted by Gasteiger charge is -2.08. The van der Waals surface area contributed by atoms with E-state index in [9.17, 15) is 0 Å². The average Bonchev–Trinajstić information content (AvgIpc) is 2.69. The van der Waals surface area contributed by atoms with Crippen molar-refractivity contribution in [3.8, 4) is 17.6 Å². The third-order valence-electron chi connectivity index (χ3n) is 2.89. The third-order valence-corrected chi connectivity index (χ3v) is 2.89. The minimum Gasteiger partial charge on any atom is -0.493 e. The zero-order valence-electron chi connectivity index (χ0n) is 10.7. The van der Waals surface area contributed by atoms with E-state index in [1.54, 1.807) is 14.2 Å². The lowest BCUT2D eigenvalue weighted by Crippen LogP contribution is -2.00. The number of imidazole rings is 1. The molecule has 0 saturated carbocycles. The highest BCUT2D eigenvalue weighted by Gasteiger charge is 2.12. The van der Waals surface area contributed by atoms with Crippen LogP contribution in [-0.4, -0.2) is 23.8 Å². The zero-order chi connectivity index (χ0) is 13.1. The summed E-state index contributed by atoms with van der Waals surface area (Å²) in [6, 6.07) is 5.89. The molecule has 2 aromatic rings. The lowest BCUT2D eigenvalue weighted by molar-refractivity contribution is 0.355. The van der Waals surface area contributed by atoms with Crippen molar-refractivity contribution < 1.29 is 9.47 Å². The number of methoxy groups -OCH3 is 2. The molecule has 5 heteroatoms. The summed E-state index contributed by atoms with van der Waals surface area (Å²) in [5.74, 6) is 2.22. The fourth-order valence-corrected chi connectivity index (χ4v) is 2.02. The molecule has 2 rings (SSSR count). The van der Waals surface area contributed by atoms with Gasteiger partial charge in [0.1, 0.15) is 5.82 Å². The first kappa shape index (κ1) is 12.2. The van der Waals surface area contributed by atoms with Crippen LogP contribution >= 0.6 is 0 Å². The number of ether oxygens (including phenoxy) is 2. The van der Waals surface area contributed by atoms with Gasteiger partial charge in [0.2, 0.25) is 0 Å². The number of hydrogen-bond donors (Lipinski definition) is 0. The van der Waals surface area contributed by atoms with Crippen molar-refractivity contribution in [2.75, 3.05) is 14.2 Å². The molecule has 1 aromatic heterocycles. The van der Waals surface area contributed by atoms with Crippen LogP contribution in [0.4, 0.5) is 0 Å². The summed E-state index contributed by atoms with van der Waals surface area (Å²) in [6.07, 6.45) is 0.459. The van der Waals surface area contributed by atoms with Gasteiger partial charge in [-0.15, -0.1) is 0 Å². The zero-order valence-corrected chi connectivity index (χ0v) is 10.7. The molecule has 0 aliphatic carbocycles. The molecule has 0 amide bonds. The van der Waals surface area contributed by atoms with Crippen molar-refractivity contribution in [1.29, 1.82) is 5.26 Å². The van der Waals surface area contributed by atoms with Crippen LogP contribution in [-0.2, 0) is 6.54 Å². The second-order valence-electron chi connectivity index (χ2n) is 3.91. The Kier molecular flexibility index (Phi) is 3.38. The Morgan fingerprint density at radius 1 is 1.28 bits per heavy atom. The van der Waals surface area contributed by atoms with Crippen molar-refractivity contribution in [2.45, 2.75) is 19.9 Å². The number of benzene rings is 1. The third kappa shape index (κ3) is 1.97. The Labute approximate surface area is 106 Å². The highest BCUT2D eigenvalue weighted by atomic mass is 16.5. The molecule has 0 bridgehead atoms. The van der Waals surface area contributed by atoms with Crippen molar-refractivity contribution in [1.82, 2.24) is 9.55 Å². The predicted octanol–water partition coefficient (Wildman–Crippen LogP) is 2.28. The Morgan fingerprint density at radius 2 is 1.94 bits per heavy atom. The van der Waals surface area contributed by atoms with Gasteiger partial charge < -0.3 is 14.0 Å². The van der Waals surface area contributed by atoms with Crippen LogP contribution in [0.1, 0.15) is 12.2 Å². The highest BCUT2D eigenvalue weighted by molar-refractivity contribution is 5.80. The molecule has 1 aromatic carbocycles. The largest absolute Gasteiger partial charge is 0.493 e. The number of nitriles is 1. The average molecular weight is 245 g/mol. The van der Waals surface area contributed by atoms with E-state index in [-0.39, 0.29) is 0 Å². The summed E-state index contributed by atoms with van der Waals surface area (Å²) in [4.78, 5) is 4.47. The molecule has 0 radical (unpaired) electrons. The van der Waals surface area contributed by atoms with Gasteiger partial charge >= 0.3 is 0 Å². The molecule has 0 atom stereocenters. The van der Waals surface area contributed by atoms with E-state index in [0.29, 0.717) is 24.5 Å². The maximum absolute atomic E-state index is 8.68. The molecule has 0 spiro atoms. The number of hydrogen-bond acceptors (Lipinski definition) is 4. The molecule has 0 aliphatic rings. The first-order valence-electron chi connectivity index (χ1n) is 5.67. The second kappa shape index (κ2) is 4.96. The van der Waals surface area contributed by atoms with Gasteiger partial charge in [-0.25, -0.2) is 4.98 Å². The Hall–Kier alpha value is -2.22. The van der Waals surface area contributed by atoms with E-state index < -0.39 is 0 Å². The van der Waals surface area contributed by atoms with Crippen molar-refractivity contribution in [3.63, 3.8) is 0 Å². The van der Waals surface area contributed by atoms with Crippen LogP contribution in [0.2, 0.25) is 0 Å². The van der Waals surface area contributed by atoms with Crippen LogP contribution in [0, 0.1) is 18.3 Å². The van der Waals surface area contributed by atoms with Crippen LogP contribution in [0.5, 0.6) is 11.5 Å². The number of aryl methyl sites for hydroxylation is 2. The maximum Gasteiger partial charge on any atom is 0.163 e. The van der Waals surface area contributed by atoms with Gasteiger partial charge in [-0.05, 0) is 6.92 Å². The van der Waals surface area contributed by atoms with Crippen molar-refractivity contribution in [3.05, 3.63) is 18.0 Å². The minimum atomic E-state index is 0.459. The summed E-state index contributed by atoms with van der Waals surface area (Å²) in [7, 11) is 3.20. The Balaban J connectivity index is 2.59. The smallest absolute Gasteiger partial charge is 0.163 e.